The molecule has 0 aliphatic rings. The average Bonchev–Trinajstić information content (AvgIpc) is 2.75. The summed E-state index contributed by atoms with van der Waals surface area (Å²) < 4.78 is 0. The summed E-state index contributed by atoms with van der Waals surface area (Å²) in [4.78, 5) is 0. The number of benzene rings is 5. The van der Waals surface area contributed by atoms with Gasteiger partial charge in [-0.15, -0.1) is 0 Å². The van der Waals surface area contributed by atoms with Crippen molar-refractivity contribution in [1.29, 1.82) is 0 Å². The summed E-state index contributed by atoms with van der Waals surface area (Å²) >= 11 is 0. The molecular weight excluding hydrogens is 340 g/mol. The van der Waals surface area contributed by atoms with Crippen molar-refractivity contribution in [3.8, 4) is 0 Å². The molecule has 2 nitrogen and oxygen atoms in total. The van der Waals surface area contributed by atoms with Gasteiger partial charge in [0.25, 0.3) is 0 Å². The second-order valence-electron chi connectivity index (χ2n) is 6.95. The predicted octanol–water partition coefficient (Wildman–Crippen LogP) is 7.48. The quantitative estimate of drug-likeness (QED) is 0.347. The first-order valence-corrected chi connectivity index (χ1v) is 9.45. The number of anilines is 4. The van der Waals surface area contributed by atoms with E-state index < -0.39 is 0 Å². The van der Waals surface area contributed by atoms with E-state index in [2.05, 4.69) is 120 Å². The van der Waals surface area contributed by atoms with Crippen LogP contribution in [0.5, 0.6) is 0 Å². The summed E-state index contributed by atoms with van der Waals surface area (Å²) in [5.74, 6) is 0. The molecule has 0 atom stereocenters. The minimum Gasteiger partial charge on any atom is -0.356 e. The second-order valence-corrected chi connectivity index (χ2v) is 6.95. The largest absolute Gasteiger partial charge is 0.356 e. The molecule has 0 unspecified atom stereocenters. The van der Waals surface area contributed by atoms with Gasteiger partial charge in [0.15, 0.2) is 0 Å². The van der Waals surface area contributed by atoms with Crippen LogP contribution in [-0.2, 0) is 0 Å². The Morgan fingerprint density at radius 1 is 0.321 bits per heavy atom. The lowest BCUT2D eigenvalue weighted by Gasteiger charge is -2.11. The van der Waals surface area contributed by atoms with Gasteiger partial charge in [-0.2, -0.15) is 0 Å². The van der Waals surface area contributed by atoms with Crippen LogP contribution in [0.15, 0.2) is 109 Å². The lowest BCUT2D eigenvalue weighted by Crippen LogP contribution is -1.93. The van der Waals surface area contributed by atoms with Gasteiger partial charge in [0.1, 0.15) is 0 Å². The van der Waals surface area contributed by atoms with Gasteiger partial charge in [0.2, 0.25) is 0 Å². The SMILES string of the molecule is c1ccc2cc(Nc3ccc(Nc4ccc5ccccc5c4)cc3)ccc2c1. The predicted molar refractivity (Wildman–Crippen MR) is 121 cm³/mol. The van der Waals surface area contributed by atoms with Crippen LogP contribution in [-0.4, -0.2) is 0 Å². The van der Waals surface area contributed by atoms with Crippen molar-refractivity contribution in [2.75, 3.05) is 10.6 Å². The van der Waals surface area contributed by atoms with Crippen molar-refractivity contribution in [1.82, 2.24) is 0 Å². The van der Waals surface area contributed by atoms with Gasteiger partial charge in [-0.05, 0) is 70.1 Å². The molecular formula is C26H20N2. The van der Waals surface area contributed by atoms with Crippen molar-refractivity contribution in [3.63, 3.8) is 0 Å². The van der Waals surface area contributed by atoms with Gasteiger partial charge in [-0.25, -0.2) is 0 Å². The zero-order valence-corrected chi connectivity index (χ0v) is 15.4. The van der Waals surface area contributed by atoms with Crippen LogP contribution in [0.3, 0.4) is 0 Å². The molecule has 5 aromatic rings. The van der Waals surface area contributed by atoms with Crippen LogP contribution in [0, 0.1) is 0 Å². The fourth-order valence-corrected chi connectivity index (χ4v) is 3.50. The Morgan fingerprint density at radius 2 is 0.679 bits per heavy atom. The van der Waals surface area contributed by atoms with Crippen LogP contribution in [0.25, 0.3) is 21.5 Å². The number of hydrogen-bond acceptors (Lipinski definition) is 2. The lowest BCUT2D eigenvalue weighted by molar-refractivity contribution is 1.53. The molecule has 0 aliphatic carbocycles. The number of hydrogen-bond donors (Lipinski definition) is 2. The van der Waals surface area contributed by atoms with Gasteiger partial charge >= 0.3 is 0 Å². The Labute approximate surface area is 164 Å². The van der Waals surface area contributed by atoms with Crippen LogP contribution < -0.4 is 10.6 Å². The third kappa shape index (κ3) is 3.40. The first kappa shape index (κ1) is 16.4. The van der Waals surface area contributed by atoms with E-state index in [9.17, 15) is 0 Å². The lowest BCUT2D eigenvalue weighted by atomic mass is 10.1. The summed E-state index contributed by atoms with van der Waals surface area (Å²) in [6.45, 7) is 0. The number of nitrogens with one attached hydrogen (secondary N) is 2. The Kier molecular flexibility index (Phi) is 4.15. The Balaban J connectivity index is 1.32. The first-order chi connectivity index (χ1) is 13.8. The second kappa shape index (κ2) is 7.09. The zero-order chi connectivity index (χ0) is 18.8. The normalized spacial score (nSPS) is 10.9. The molecule has 28 heavy (non-hydrogen) atoms. The summed E-state index contributed by atoms with van der Waals surface area (Å²) in [6, 6.07) is 38.1. The van der Waals surface area contributed by atoms with E-state index in [4.69, 9.17) is 0 Å². The molecule has 0 saturated carbocycles. The van der Waals surface area contributed by atoms with Gasteiger partial charge in [-0.3, -0.25) is 0 Å². The summed E-state index contributed by atoms with van der Waals surface area (Å²) in [6.07, 6.45) is 0. The molecule has 5 rings (SSSR count). The molecule has 0 fully saturated rings. The van der Waals surface area contributed by atoms with E-state index >= 15 is 0 Å². The number of rotatable bonds is 4. The van der Waals surface area contributed by atoms with E-state index in [-0.39, 0.29) is 0 Å². The van der Waals surface area contributed by atoms with E-state index in [1.807, 2.05) is 0 Å². The third-order valence-electron chi connectivity index (χ3n) is 4.96. The molecule has 2 N–H and O–H groups in total. The maximum Gasteiger partial charge on any atom is 0.0390 e. The molecule has 0 saturated heterocycles. The summed E-state index contributed by atoms with van der Waals surface area (Å²) in [5, 5.41) is 11.9. The van der Waals surface area contributed by atoms with Crippen molar-refractivity contribution < 1.29 is 0 Å². The fourth-order valence-electron chi connectivity index (χ4n) is 3.50. The van der Waals surface area contributed by atoms with E-state index in [1.54, 1.807) is 0 Å². The highest BCUT2D eigenvalue weighted by molar-refractivity contribution is 5.87. The average molecular weight is 360 g/mol. The smallest absolute Gasteiger partial charge is 0.0390 e. The maximum atomic E-state index is 3.48. The molecule has 0 radical (unpaired) electrons. The Bertz CT molecular complexity index is 1160. The molecule has 0 spiro atoms. The third-order valence-corrected chi connectivity index (χ3v) is 4.96. The summed E-state index contributed by atoms with van der Waals surface area (Å²) in [5.41, 5.74) is 4.32. The molecule has 0 amide bonds. The highest BCUT2D eigenvalue weighted by Gasteiger charge is 2.00. The molecule has 134 valence electrons. The Hall–Kier alpha value is -3.78. The van der Waals surface area contributed by atoms with Gasteiger partial charge in [0.05, 0.1) is 0 Å². The maximum absolute atomic E-state index is 3.48. The van der Waals surface area contributed by atoms with Gasteiger partial charge in [0, 0.05) is 22.7 Å². The Morgan fingerprint density at radius 3 is 1.11 bits per heavy atom. The molecule has 2 heteroatoms. The standard InChI is InChI=1S/C26H20N2/c1-3-7-21-17-25(11-9-19(21)5-1)27-23-13-15-24(16-14-23)28-26-12-10-20-6-2-4-8-22(20)18-26/h1-18,27-28H. The first-order valence-electron chi connectivity index (χ1n) is 9.45. The highest BCUT2D eigenvalue weighted by Crippen LogP contribution is 2.25. The van der Waals surface area contributed by atoms with Gasteiger partial charge < -0.3 is 10.6 Å². The number of fused-ring (bicyclic) bond motifs is 2. The summed E-state index contributed by atoms with van der Waals surface area (Å²) in [7, 11) is 0. The van der Waals surface area contributed by atoms with Crippen LogP contribution in [0.4, 0.5) is 22.7 Å². The highest BCUT2D eigenvalue weighted by atomic mass is 14.9. The molecule has 0 heterocycles. The van der Waals surface area contributed by atoms with Crippen molar-refractivity contribution >= 4 is 44.3 Å². The van der Waals surface area contributed by atoms with Crippen LogP contribution in [0.1, 0.15) is 0 Å². The fraction of sp³-hybridized carbons (Fsp3) is 0. The minimum absolute atomic E-state index is 1.07. The van der Waals surface area contributed by atoms with Crippen molar-refractivity contribution in [3.05, 3.63) is 109 Å². The molecule has 0 bridgehead atoms. The topological polar surface area (TPSA) is 24.1 Å². The van der Waals surface area contributed by atoms with Crippen molar-refractivity contribution in [2.24, 2.45) is 0 Å². The van der Waals surface area contributed by atoms with E-state index in [1.165, 1.54) is 21.5 Å². The molecule has 5 aromatic carbocycles. The monoisotopic (exact) mass is 360 g/mol. The van der Waals surface area contributed by atoms with E-state index in [0.29, 0.717) is 0 Å². The zero-order valence-electron chi connectivity index (χ0n) is 15.4. The van der Waals surface area contributed by atoms with Gasteiger partial charge in [-0.1, -0.05) is 60.7 Å². The molecule has 0 aliphatic heterocycles. The minimum atomic E-state index is 1.07. The van der Waals surface area contributed by atoms with Crippen LogP contribution in [0.2, 0.25) is 0 Å². The van der Waals surface area contributed by atoms with Crippen molar-refractivity contribution in [2.45, 2.75) is 0 Å². The van der Waals surface area contributed by atoms with E-state index in [0.717, 1.165) is 22.7 Å². The van der Waals surface area contributed by atoms with Crippen LogP contribution >= 0.6 is 0 Å². The molecule has 0 aromatic heterocycles.